The number of hydrogen-bond donors (Lipinski definition) is 1. The van der Waals surface area contributed by atoms with Crippen LogP contribution in [-0.4, -0.2) is 46.1 Å². The molecule has 2 unspecified atom stereocenters. The van der Waals surface area contributed by atoms with Crippen LogP contribution in [0.1, 0.15) is 24.3 Å². The summed E-state index contributed by atoms with van der Waals surface area (Å²) >= 11 is 0. The van der Waals surface area contributed by atoms with Gasteiger partial charge in [-0.05, 0) is 13.8 Å². The second-order valence-corrected chi connectivity index (χ2v) is 4.29. The second-order valence-electron chi connectivity index (χ2n) is 4.29. The van der Waals surface area contributed by atoms with Gasteiger partial charge in [-0.3, -0.25) is 4.79 Å². The molecule has 0 aliphatic carbocycles. The van der Waals surface area contributed by atoms with Crippen LogP contribution in [0, 0.1) is 0 Å². The number of anilines is 1. The SMILES string of the molecule is CC1CN(C(=O)c2cnc(N)cn2)CC(C)O1. The molecule has 1 aromatic heterocycles. The first kappa shape index (κ1) is 11.8. The molecule has 0 bridgehead atoms. The molecular formula is C11H16N4O2. The molecule has 0 aromatic carbocycles. The molecule has 2 heterocycles. The zero-order chi connectivity index (χ0) is 12.4. The highest BCUT2D eigenvalue weighted by molar-refractivity contribution is 5.92. The van der Waals surface area contributed by atoms with Crippen LogP contribution < -0.4 is 5.73 Å². The zero-order valence-electron chi connectivity index (χ0n) is 9.96. The average Bonchev–Trinajstić information content (AvgIpc) is 2.28. The Balaban J connectivity index is 2.11. The van der Waals surface area contributed by atoms with E-state index in [1.54, 1.807) is 4.90 Å². The van der Waals surface area contributed by atoms with Gasteiger partial charge in [-0.15, -0.1) is 0 Å². The zero-order valence-corrected chi connectivity index (χ0v) is 9.96. The van der Waals surface area contributed by atoms with Crippen molar-refractivity contribution < 1.29 is 9.53 Å². The minimum atomic E-state index is -0.125. The van der Waals surface area contributed by atoms with Crippen molar-refractivity contribution in [2.45, 2.75) is 26.1 Å². The van der Waals surface area contributed by atoms with Crippen molar-refractivity contribution in [1.82, 2.24) is 14.9 Å². The number of nitrogen functional groups attached to an aromatic ring is 1. The summed E-state index contributed by atoms with van der Waals surface area (Å²) in [6, 6.07) is 0. The van der Waals surface area contributed by atoms with Gasteiger partial charge in [-0.2, -0.15) is 0 Å². The molecule has 0 saturated carbocycles. The molecule has 2 rings (SSSR count). The van der Waals surface area contributed by atoms with Crippen molar-refractivity contribution in [1.29, 1.82) is 0 Å². The number of nitrogens with two attached hydrogens (primary N) is 1. The minimum Gasteiger partial charge on any atom is -0.382 e. The Morgan fingerprint density at radius 2 is 2.00 bits per heavy atom. The van der Waals surface area contributed by atoms with Gasteiger partial charge in [0.25, 0.3) is 5.91 Å². The highest BCUT2D eigenvalue weighted by atomic mass is 16.5. The van der Waals surface area contributed by atoms with Crippen LogP contribution in [0.3, 0.4) is 0 Å². The molecule has 6 nitrogen and oxygen atoms in total. The maximum atomic E-state index is 12.1. The Morgan fingerprint density at radius 1 is 1.35 bits per heavy atom. The van der Waals surface area contributed by atoms with Gasteiger partial charge >= 0.3 is 0 Å². The van der Waals surface area contributed by atoms with Crippen LogP contribution in [0.25, 0.3) is 0 Å². The third-order valence-corrected chi connectivity index (χ3v) is 2.60. The van der Waals surface area contributed by atoms with Crippen LogP contribution in [0.4, 0.5) is 5.82 Å². The lowest BCUT2D eigenvalue weighted by Crippen LogP contribution is -2.48. The van der Waals surface area contributed by atoms with Crippen LogP contribution in [-0.2, 0) is 4.74 Å². The Labute approximate surface area is 99.8 Å². The lowest BCUT2D eigenvalue weighted by atomic mass is 10.2. The summed E-state index contributed by atoms with van der Waals surface area (Å²) in [5.74, 6) is 0.185. The Bertz CT molecular complexity index is 396. The standard InChI is InChI=1S/C11H16N4O2/c1-7-5-15(6-8(2)17-7)11(16)9-3-14-10(12)4-13-9/h3-4,7-8H,5-6H2,1-2H3,(H2,12,14). The molecule has 17 heavy (non-hydrogen) atoms. The number of morpholine rings is 1. The lowest BCUT2D eigenvalue weighted by Gasteiger charge is -2.35. The normalized spacial score (nSPS) is 24.7. The van der Waals surface area contributed by atoms with E-state index >= 15 is 0 Å². The Kier molecular flexibility index (Phi) is 3.23. The maximum absolute atomic E-state index is 12.1. The summed E-state index contributed by atoms with van der Waals surface area (Å²) in [6.07, 6.45) is 2.89. The molecule has 2 atom stereocenters. The first-order chi connectivity index (χ1) is 8.06. The lowest BCUT2D eigenvalue weighted by molar-refractivity contribution is -0.0587. The molecule has 1 aromatic rings. The Morgan fingerprint density at radius 3 is 2.53 bits per heavy atom. The van der Waals surface area contributed by atoms with E-state index in [4.69, 9.17) is 10.5 Å². The fourth-order valence-electron chi connectivity index (χ4n) is 1.95. The van der Waals surface area contributed by atoms with Gasteiger partial charge in [0.1, 0.15) is 11.5 Å². The largest absolute Gasteiger partial charge is 0.382 e. The summed E-state index contributed by atoms with van der Waals surface area (Å²) in [5, 5.41) is 0. The molecule has 1 aliphatic heterocycles. The van der Waals surface area contributed by atoms with Crippen molar-refractivity contribution in [2.75, 3.05) is 18.8 Å². The van der Waals surface area contributed by atoms with Gasteiger partial charge in [-0.25, -0.2) is 9.97 Å². The second kappa shape index (κ2) is 4.67. The van der Waals surface area contributed by atoms with Crippen molar-refractivity contribution in [3.8, 4) is 0 Å². The summed E-state index contributed by atoms with van der Waals surface area (Å²) in [6.45, 7) is 5.06. The smallest absolute Gasteiger partial charge is 0.274 e. The first-order valence-corrected chi connectivity index (χ1v) is 5.58. The van der Waals surface area contributed by atoms with Gasteiger partial charge in [0.15, 0.2) is 0 Å². The molecule has 2 N–H and O–H groups in total. The number of carbonyl (C=O) groups excluding carboxylic acids is 1. The number of ether oxygens (including phenoxy) is 1. The van der Waals surface area contributed by atoms with Gasteiger partial charge in [-0.1, -0.05) is 0 Å². The van der Waals surface area contributed by atoms with Crippen LogP contribution in [0.15, 0.2) is 12.4 Å². The van der Waals surface area contributed by atoms with Crippen molar-refractivity contribution in [2.24, 2.45) is 0 Å². The molecule has 1 amide bonds. The Hall–Kier alpha value is -1.69. The highest BCUT2D eigenvalue weighted by Crippen LogP contribution is 2.13. The van der Waals surface area contributed by atoms with Crippen molar-refractivity contribution >= 4 is 11.7 Å². The molecule has 0 spiro atoms. The maximum Gasteiger partial charge on any atom is 0.274 e. The van der Waals surface area contributed by atoms with E-state index < -0.39 is 0 Å². The van der Waals surface area contributed by atoms with Gasteiger partial charge in [0, 0.05) is 13.1 Å². The average molecular weight is 236 g/mol. The first-order valence-electron chi connectivity index (χ1n) is 5.58. The van der Waals surface area contributed by atoms with Crippen molar-refractivity contribution in [3.05, 3.63) is 18.1 Å². The van der Waals surface area contributed by atoms with Crippen LogP contribution in [0.2, 0.25) is 0 Å². The fraction of sp³-hybridized carbons (Fsp3) is 0.545. The van der Waals surface area contributed by atoms with E-state index in [0.717, 1.165) is 0 Å². The third kappa shape index (κ3) is 2.71. The van der Waals surface area contributed by atoms with E-state index in [0.29, 0.717) is 24.6 Å². The molecule has 0 radical (unpaired) electrons. The molecule has 1 aliphatic rings. The third-order valence-electron chi connectivity index (χ3n) is 2.60. The molecular weight excluding hydrogens is 220 g/mol. The summed E-state index contributed by atoms with van der Waals surface area (Å²) in [7, 11) is 0. The number of hydrogen-bond acceptors (Lipinski definition) is 5. The number of aromatic nitrogens is 2. The quantitative estimate of drug-likeness (QED) is 0.758. The molecule has 1 saturated heterocycles. The van der Waals surface area contributed by atoms with Crippen LogP contribution >= 0.6 is 0 Å². The van der Waals surface area contributed by atoms with E-state index in [-0.39, 0.29) is 18.1 Å². The summed E-state index contributed by atoms with van der Waals surface area (Å²) < 4.78 is 5.57. The number of carbonyl (C=O) groups is 1. The summed E-state index contributed by atoms with van der Waals surface area (Å²) in [5.41, 5.74) is 5.75. The number of nitrogens with zero attached hydrogens (tertiary/aromatic N) is 3. The van der Waals surface area contributed by atoms with E-state index in [1.807, 2.05) is 13.8 Å². The van der Waals surface area contributed by atoms with Gasteiger partial charge < -0.3 is 15.4 Å². The van der Waals surface area contributed by atoms with Crippen LogP contribution in [0.5, 0.6) is 0 Å². The molecule has 92 valence electrons. The van der Waals surface area contributed by atoms with E-state index in [2.05, 4.69) is 9.97 Å². The highest BCUT2D eigenvalue weighted by Gasteiger charge is 2.27. The van der Waals surface area contributed by atoms with E-state index in [9.17, 15) is 4.79 Å². The van der Waals surface area contributed by atoms with Crippen molar-refractivity contribution in [3.63, 3.8) is 0 Å². The number of amides is 1. The minimum absolute atomic E-state index is 0.0458. The van der Waals surface area contributed by atoms with Gasteiger partial charge in [0.2, 0.25) is 0 Å². The molecule has 6 heteroatoms. The topological polar surface area (TPSA) is 81.3 Å². The summed E-state index contributed by atoms with van der Waals surface area (Å²) in [4.78, 5) is 21.7. The number of rotatable bonds is 1. The predicted octanol–water partition coefficient (Wildman–Crippen LogP) is 0.308. The van der Waals surface area contributed by atoms with Gasteiger partial charge in [0.05, 0.1) is 24.6 Å². The monoisotopic (exact) mass is 236 g/mol. The van der Waals surface area contributed by atoms with E-state index in [1.165, 1.54) is 12.4 Å². The predicted molar refractivity (Wildman–Crippen MR) is 62.4 cm³/mol. The fourth-order valence-corrected chi connectivity index (χ4v) is 1.95. The molecule has 1 fully saturated rings.